The Balaban J connectivity index is 2.37. The summed E-state index contributed by atoms with van der Waals surface area (Å²) in [6.45, 7) is 6.18. The number of fused-ring (bicyclic) bond motifs is 1. The molecular weight excluding hydrogens is 218 g/mol. The second-order valence-corrected chi connectivity index (χ2v) is 5.58. The van der Waals surface area contributed by atoms with Crippen molar-refractivity contribution in [2.75, 3.05) is 5.32 Å². The molecule has 0 fully saturated rings. The van der Waals surface area contributed by atoms with E-state index in [2.05, 4.69) is 35.6 Å². The molecule has 2 heterocycles. The number of hydrogen-bond acceptors (Lipinski definition) is 4. The van der Waals surface area contributed by atoms with Gasteiger partial charge in [-0.05, 0) is 38.3 Å². The van der Waals surface area contributed by atoms with Gasteiger partial charge in [0.25, 0.3) is 0 Å². The summed E-state index contributed by atoms with van der Waals surface area (Å²) in [6, 6.07) is 4.18. The standard InChI is InChI=1S/C12H17N3S/c1-8(13)12(2,3)15-11-9-5-7-16-10(9)4-6-14-11/h4-8H,13H2,1-3H3,(H,14,15). The largest absolute Gasteiger partial charge is 0.363 e. The predicted octanol–water partition coefficient (Wildman–Crippen LogP) is 2.83. The van der Waals surface area contributed by atoms with Crippen LogP contribution in [0.4, 0.5) is 5.82 Å². The second-order valence-electron chi connectivity index (χ2n) is 4.63. The maximum atomic E-state index is 5.95. The van der Waals surface area contributed by atoms with Crippen molar-refractivity contribution in [3.05, 3.63) is 23.7 Å². The molecule has 86 valence electrons. The van der Waals surface area contributed by atoms with Crippen LogP contribution in [0.2, 0.25) is 0 Å². The highest BCUT2D eigenvalue weighted by Crippen LogP contribution is 2.28. The van der Waals surface area contributed by atoms with E-state index >= 15 is 0 Å². The minimum atomic E-state index is -0.163. The molecule has 0 aromatic carbocycles. The molecule has 0 spiro atoms. The van der Waals surface area contributed by atoms with E-state index in [1.807, 2.05) is 19.2 Å². The van der Waals surface area contributed by atoms with Crippen LogP contribution < -0.4 is 11.1 Å². The summed E-state index contributed by atoms with van der Waals surface area (Å²) >= 11 is 1.72. The summed E-state index contributed by atoms with van der Waals surface area (Å²) < 4.78 is 1.25. The Kier molecular flexibility index (Phi) is 2.86. The van der Waals surface area contributed by atoms with Gasteiger partial charge in [0.2, 0.25) is 0 Å². The number of thiophene rings is 1. The number of anilines is 1. The Hall–Kier alpha value is -1.13. The summed E-state index contributed by atoms with van der Waals surface area (Å²) in [5, 5.41) is 6.66. The Morgan fingerprint density at radius 2 is 2.19 bits per heavy atom. The molecule has 2 rings (SSSR count). The fourth-order valence-electron chi connectivity index (χ4n) is 1.41. The number of pyridine rings is 1. The highest BCUT2D eigenvalue weighted by Gasteiger charge is 2.23. The predicted molar refractivity (Wildman–Crippen MR) is 71.0 cm³/mol. The van der Waals surface area contributed by atoms with E-state index < -0.39 is 0 Å². The molecule has 0 radical (unpaired) electrons. The molecule has 2 aromatic heterocycles. The number of aromatic nitrogens is 1. The number of rotatable bonds is 3. The monoisotopic (exact) mass is 235 g/mol. The van der Waals surface area contributed by atoms with Crippen LogP contribution in [-0.2, 0) is 0 Å². The van der Waals surface area contributed by atoms with Gasteiger partial charge in [0.1, 0.15) is 5.82 Å². The van der Waals surface area contributed by atoms with Gasteiger partial charge in [-0.25, -0.2) is 4.98 Å². The van der Waals surface area contributed by atoms with E-state index in [0.717, 1.165) is 5.82 Å². The molecule has 0 aliphatic rings. The summed E-state index contributed by atoms with van der Waals surface area (Å²) in [4.78, 5) is 4.39. The lowest BCUT2D eigenvalue weighted by atomic mass is 9.97. The number of nitrogens with one attached hydrogen (secondary N) is 1. The van der Waals surface area contributed by atoms with Crippen LogP contribution in [-0.4, -0.2) is 16.6 Å². The van der Waals surface area contributed by atoms with Crippen molar-refractivity contribution in [1.29, 1.82) is 0 Å². The highest BCUT2D eigenvalue weighted by atomic mass is 32.1. The van der Waals surface area contributed by atoms with E-state index in [0.29, 0.717) is 0 Å². The van der Waals surface area contributed by atoms with Crippen LogP contribution >= 0.6 is 11.3 Å². The molecule has 2 aromatic rings. The van der Waals surface area contributed by atoms with Gasteiger partial charge in [0.05, 0.1) is 0 Å². The van der Waals surface area contributed by atoms with E-state index in [4.69, 9.17) is 5.73 Å². The topological polar surface area (TPSA) is 50.9 Å². The first-order chi connectivity index (χ1) is 7.50. The lowest BCUT2D eigenvalue weighted by Crippen LogP contribution is -2.47. The van der Waals surface area contributed by atoms with Crippen molar-refractivity contribution in [3.63, 3.8) is 0 Å². The maximum Gasteiger partial charge on any atom is 0.135 e. The first-order valence-corrected chi connectivity index (χ1v) is 6.24. The minimum Gasteiger partial charge on any atom is -0.363 e. The Bertz CT molecular complexity index is 488. The molecule has 0 aliphatic heterocycles. The lowest BCUT2D eigenvalue weighted by Gasteiger charge is -2.31. The second kappa shape index (κ2) is 4.03. The van der Waals surface area contributed by atoms with Crippen LogP contribution in [0.25, 0.3) is 10.1 Å². The number of nitrogens with two attached hydrogens (primary N) is 1. The third kappa shape index (κ3) is 2.03. The first kappa shape index (κ1) is 11.4. The molecular formula is C12H17N3S. The molecule has 1 unspecified atom stereocenters. The number of hydrogen-bond donors (Lipinski definition) is 2. The molecule has 0 bridgehead atoms. The fraction of sp³-hybridized carbons (Fsp3) is 0.417. The zero-order valence-corrected chi connectivity index (χ0v) is 10.6. The van der Waals surface area contributed by atoms with Gasteiger partial charge < -0.3 is 11.1 Å². The molecule has 1 atom stereocenters. The van der Waals surface area contributed by atoms with Crippen LogP contribution in [0.15, 0.2) is 23.7 Å². The quantitative estimate of drug-likeness (QED) is 0.860. The van der Waals surface area contributed by atoms with E-state index in [1.165, 1.54) is 10.1 Å². The summed E-state index contributed by atoms with van der Waals surface area (Å²) in [5.74, 6) is 0.918. The molecule has 0 amide bonds. The van der Waals surface area contributed by atoms with Crippen molar-refractivity contribution < 1.29 is 0 Å². The third-order valence-corrected chi connectivity index (χ3v) is 3.84. The third-order valence-electron chi connectivity index (χ3n) is 2.96. The van der Waals surface area contributed by atoms with E-state index in [9.17, 15) is 0 Å². The summed E-state index contributed by atoms with van der Waals surface area (Å²) in [5.41, 5.74) is 5.79. The van der Waals surface area contributed by atoms with Gasteiger partial charge in [0.15, 0.2) is 0 Å². The Labute approximate surface area is 99.7 Å². The highest BCUT2D eigenvalue weighted by molar-refractivity contribution is 7.17. The van der Waals surface area contributed by atoms with Gasteiger partial charge >= 0.3 is 0 Å². The summed E-state index contributed by atoms with van der Waals surface area (Å²) in [7, 11) is 0. The van der Waals surface area contributed by atoms with Gasteiger partial charge in [-0.1, -0.05) is 0 Å². The van der Waals surface area contributed by atoms with Crippen LogP contribution in [0.1, 0.15) is 20.8 Å². The molecule has 3 N–H and O–H groups in total. The molecule has 4 heteroatoms. The van der Waals surface area contributed by atoms with Crippen LogP contribution in [0, 0.1) is 0 Å². The Morgan fingerprint density at radius 3 is 2.88 bits per heavy atom. The van der Waals surface area contributed by atoms with Crippen molar-refractivity contribution in [3.8, 4) is 0 Å². The maximum absolute atomic E-state index is 5.95. The first-order valence-electron chi connectivity index (χ1n) is 5.37. The lowest BCUT2D eigenvalue weighted by molar-refractivity contribution is 0.469. The van der Waals surface area contributed by atoms with Gasteiger partial charge in [-0.3, -0.25) is 0 Å². The van der Waals surface area contributed by atoms with Gasteiger partial charge in [-0.2, -0.15) is 0 Å². The van der Waals surface area contributed by atoms with Crippen molar-refractivity contribution in [2.45, 2.75) is 32.4 Å². The van der Waals surface area contributed by atoms with Gasteiger partial charge in [-0.15, -0.1) is 11.3 Å². The normalized spacial score (nSPS) is 14.0. The molecule has 0 aliphatic carbocycles. The van der Waals surface area contributed by atoms with E-state index in [-0.39, 0.29) is 11.6 Å². The van der Waals surface area contributed by atoms with Crippen molar-refractivity contribution >= 4 is 27.2 Å². The zero-order valence-electron chi connectivity index (χ0n) is 9.82. The summed E-state index contributed by atoms with van der Waals surface area (Å²) in [6.07, 6.45) is 1.83. The van der Waals surface area contributed by atoms with Gasteiger partial charge in [0, 0.05) is 27.9 Å². The Morgan fingerprint density at radius 1 is 1.44 bits per heavy atom. The SMILES string of the molecule is CC(N)C(C)(C)Nc1nccc2sccc12. The van der Waals surface area contributed by atoms with Crippen molar-refractivity contribution in [1.82, 2.24) is 4.98 Å². The zero-order chi connectivity index (χ0) is 11.8. The van der Waals surface area contributed by atoms with Crippen LogP contribution in [0.5, 0.6) is 0 Å². The fourth-order valence-corrected chi connectivity index (χ4v) is 2.20. The average molecular weight is 235 g/mol. The smallest absolute Gasteiger partial charge is 0.135 e. The molecule has 0 saturated carbocycles. The van der Waals surface area contributed by atoms with E-state index in [1.54, 1.807) is 11.3 Å². The van der Waals surface area contributed by atoms with Crippen molar-refractivity contribution in [2.24, 2.45) is 5.73 Å². The molecule has 0 saturated heterocycles. The molecule has 3 nitrogen and oxygen atoms in total. The van der Waals surface area contributed by atoms with Crippen LogP contribution in [0.3, 0.4) is 0 Å². The minimum absolute atomic E-state index is 0.0585. The molecule has 16 heavy (non-hydrogen) atoms. The number of nitrogens with zero attached hydrogens (tertiary/aromatic N) is 1. The average Bonchev–Trinajstić information content (AvgIpc) is 2.65.